The minimum absolute atomic E-state index is 0.281. The smallest absolute Gasteiger partial charge is 0.222 e. The number of aliphatic hydroxyl groups excluding tert-OH is 1. The summed E-state index contributed by atoms with van der Waals surface area (Å²) in [6.45, 7) is 5.81. The van der Waals surface area contributed by atoms with E-state index in [1.165, 1.54) is 25.7 Å². The van der Waals surface area contributed by atoms with Crippen LogP contribution in [0, 0.1) is 17.8 Å². The molecule has 1 amide bonds. The van der Waals surface area contributed by atoms with E-state index in [1.807, 2.05) is 11.8 Å². The molecule has 19 heavy (non-hydrogen) atoms. The molecule has 110 valence electrons. The van der Waals surface area contributed by atoms with Crippen molar-refractivity contribution in [3.05, 3.63) is 0 Å². The SMILES string of the molecule is CC1CCCC(CC(=O)N2CCCC(C(C)O)C2)C1. The lowest BCUT2D eigenvalue weighted by Gasteiger charge is -2.35. The van der Waals surface area contributed by atoms with Gasteiger partial charge in [-0.15, -0.1) is 0 Å². The van der Waals surface area contributed by atoms with E-state index < -0.39 is 0 Å². The fourth-order valence-electron chi connectivity index (χ4n) is 3.75. The summed E-state index contributed by atoms with van der Waals surface area (Å²) in [6, 6.07) is 0. The molecule has 2 rings (SSSR count). The van der Waals surface area contributed by atoms with Crippen LogP contribution in [0.3, 0.4) is 0 Å². The van der Waals surface area contributed by atoms with E-state index in [0.717, 1.165) is 38.3 Å². The predicted octanol–water partition coefficient (Wildman–Crippen LogP) is 2.82. The Morgan fingerprint density at radius 2 is 2.11 bits per heavy atom. The van der Waals surface area contributed by atoms with E-state index >= 15 is 0 Å². The molecule has 0 radical (unpaired) electrons. The first-order chi connectivity index (χ1) is 9.06. The minimum atomic E-state index is -0.287. The number of likely N-dealkylation sites (tertiary alicyclic amines) is 1. The summed E-state index contributed by atoms with van der Waals surface area (Å²) in [6.07, 6.45) is 7.61. The normalized spacial score (nSPS) is 34.1. The van der Waals surface area contributed by atoms with Crippen molar-refractivity contribution >= 4 is 5.91 Å². The van der Waals surface area contributed by atoms with Gasteiger partial charge in [-0.05, 0) is 44.4 Å². The van der Waals surface area contributed by atoms with Crippen LogP contribution in [0.15, 0.2) is 0 Å². The third-order valence-electron chi connectivity index (χ3n) is 5.00. The summed E-state index contributed by atoms with van der Waals surface area (Å²) in [4.78, 5) is 14.4. The molecule has 3 heteroatoms. The second-order valence-corrected chi connectivity index (χ2v) is 6.82. The largest absolute Gasteiger partial charge is 0.393 e. The molecule has 0 aromatic heterocycles. The summed E-state index contributed by atoms with van der Waals surface area (Å²) in [5.41, 5.74) is 0. The second-order valence-electron chi connectivity index (χ2n) is 6.82. The van der Waals surface area contributed by atoms with Crippen LogP contribution in [0.4, 0.5) is 0 Å². The first-order valence-electron chi connectivity index (χ1n) is 8.02. The van der Waals surface area contributed by atoms with Gasteiger partial charge in [-0.25, -0.2) is 0 Å². The third-order valence-corrected chi connectivity index (χ3v) is 5.00. The molecule has 1 heterocycles. The van der Waals surface area contributed by atoms with Crippen molar-refractivity contribution < 1.29 is 9.90 Å². The molecule has 2 fully saturated rings. The first kappa shape index (κ1) is 14.8. The molecule has 1 aliphatic carbocycles. The Morgan fingerprint density at radius 3 is 2.79 bits per heavy atom. The van der Waals surface area contributed by atoms with Crippen LogP contribution in [-0.4, -0.2) is 35.1 Å². The van der Waals surface area contributed by atoms with Crippen molar-refractivity contribution in [1.82, 2.24) is 4.90 Å². The van der Waals surface area contributed by atoms with E-state index in [-0.39, 0.29) is 12.0 Å². The summed E-state index contributed by atoms with van der Waals surface area (Å²) in [5, 5.41) is 9.69. The van der Waals surface area contributed by atoms with Crippen LogP contribution in [0.25, 0.3) is 0 Å². The van der Waals surface area contributed by atoms with Crippen LogP contribution in [0.5, 0.6) is 0 Å². The van der Waals surface area contributed by atoms with Gasteiger partial charge in [0.1, 0.15) is 0 Å². The molecule has 4 unspecified atom stereocenters. The Bertz CT molecular complexity index is 303. The van der Waals surface area contributed by atoms with Crippen molar-refractivity contribution in [1.29, 1.82) is 0 Å². The zero-order valence-corrected chi connectivity index (χ0v) is 12.5. The number of hydrogen-bond acceptors (Lipinski definition) is 2. The van der Waals surface area contributed by atoms with Gasteiger partial charge in [0, 0.05) is 25.4 Å². The number of carbonyl (C=O) groups excluding carboxylic acids is 1. The number of aliphatic hydroxyl groups is 1. The van der Waals surface area contributed by atoms with Gasteiger partial charge in [0.05, 0.1) is 6.10 Å². The van der Waals surface area contributed by atoms with Crippen LogP contribution in [0.1, 0.15) is 58.8 Å². The van der Waals surface area contributed by atoms with Crippen molar-refractivity contribution in [3.8, 4) is 0 Å². The average Bonchev–Trinajstić information content (AvgIpc) is 2.39. The highest BCUT2D eigenvalue weighted by molar-refractivity contribution is 5.76. The van der Waals surface area contributed by atoms with E-state index in [2.05, 4.69) is 6.92 Å². The van der Waals surface area contributed by atoms with Gasteiger partial charge in [-0.3, -0.25) is 4.79 Å². The van der Waals surface area contributed by atoms with Gasteiger partial charge in [0.2, 0.25) is 5.91 Å². The van der Waals surface area contributed by atoms with Crippen molar-refractivity contribution in [3.63, 3.8) is 0 Å². The zero-order valence-electron chi connectivity index (χ0n) is 12.5. The number of rotatable bonds is 3. The summed E-state index contributed by atoms with van der Waals surface area (Å²) in [5.74, 6) is 1.99. The Labute approximate surface area is 117 Å². The van der Waals surface area contributed by atoms with Crippen molar-refractivity contribution in [2.75, 3.05) is 13.1 Å². The van der Waals surface area contributed by atoms with Gasteiger partial charge >= 0.3 is 0 Å². The molecule has 1 saturated carbocycles. The highest BCUT2D eigenvalue weighted by atomic mass is 16.3. The second kappa shape index (κ2) is 6.74. The summed E-state index contributed by atoms with van der Waals surface area (Å²) < 4.78 is 0. The minimum Gasteiger partial charge on any atom is -0.393 e. The van der Waals surface area contributed by atoms with Crippen molar-refractivity contribution in [2.45, 2.75) is 64.9 Å². The average molecular weight is 267 g/mol. The lowest BCUT2D eigenvalue weighted by atomic mass is 9.80. The first-order valence-corrected chi connectivity index (χ1v) is 8.02. The van der Waals surface area contributed by atoms with Crippen LogP contribution in [0.2, 0.25) is 0 Å². The van der Waals surface area contributed by atoms with Crippen molar-refractivity contribution in [2.24, 2.45) is 17.8 Å². The molecular formula is C16H29NO2. The maximum atomic E-state index is 12.4. The molecule has 3 nitrogen and oxygen atoms in total. The maximum absolute atomic E-state index is 12.4. The number of carbonyl (C=O) groups is 1. The Hall–Kier alpha value is -0.570. The molecule has 0 aromatic rings. The van der Waals surface area contributed by atoms with E-state index in [4.69, 9.17) is 0 Å². The molecule has 2 aliphatic rings. The topological polar surface area (TPSA) is 40.5 Å². The van der Waals surface area contributed by atoms with E-state index in [1.54, 1.807) is 0 Å². The quantitative estimate of drug-likeness (QED) is 0.854. The third kappa shape index (κ3) is 4.20. The molecule has 1 N–H and O–H groups in total. The fraction of sp³-hybridized carbons (Fsp3) is 0.938. The number of nitrogens with zero attached hydrogens (tertiary/aromatic N) is 1. The molecular weight excluding hydrogens is 238 g/mol. The molecule has 4 atom stereocenters. The molecule has 0 bridgehead atoms. The zero-order chi connectivity index (χ0) is 13.8. The van der Waals surface area contributed by atoms with Gasteiger partial charge in [0.25, 0.3) is 0 Å². The van der Waals surface area contributed by atoms with Gasteiger partial charge in [-0.1, -0.05) is 19.8 Å². The van der Waals surface area contributed by atoms with Gasteiger partial charge < -0.3 is 10.0 Å². The van der Waals surface area contributed by atoms with Gasteiger partial charge in [0.15, 0.2) is 0 Å². The Morgan fingerprint density at radius 1 is 1.32 bits per heavy atom. The Balaban J connectivity index is 1.82. The maximum Gasteiger partial charge on any atom is 0.222 e. The van der Waals surface area contributed by atoms with Crippen LogP contribution < -0.4 is 0 Å². The number of amides is 1. The fourth-order valence-corrected chi connectivity index (χ4v) is 3.75. The summed E-state index contributed by atoms with van der Waals surface area (Å²) in [7, 11) is 0. The monoisotopic (exact) mass is 267 g/mol. The molecule has 1 aliphatic heterocycles. The van der Waals surface area contributed by atoms with Crippen LogP contribution >= 0.6 is 0 Å². The number of piperidine rings is 1. The lowest BCUT2D eigenvalue weighted by Crippen LogP contribution is -2.43. The van der Waals surface area contributed by atoms with Gasteiger partial charge in [-0.2, -0.15) is 0 Å². The van der Waals surface area contributed by atoms with E-state index in [9.17, 15) is 9.90 Å². The summed E-state index contributed by atoms with van der Waals surface area (Å²) >= 11 is 0. The number of hydrogen-bond donors (Lipinski definition) is 1. The Kier molecular flexibility index (Phi) is 5.26. The molecule has 0 aromatic carbocycles. The van der Waals surface area contributed by atoms with Crippen LogP contribution in [-0.2, 0) is 4.79 Å². The lowest BCUT2D eigenvalue weighted by molar-refractivity contribution is -0.135. The highest BCUT2D eigenvalue weighted by Gasteiger charge is 2.28. The molecule has 1 saturated heterocycles. The standard InChI is InChI=1S/C16H29NO2/c1-12-5-3-6-14(9-12)10-16(19)17-8-4-7-15(11-17)13(2)18/h12-15,18H,3-11H2,1-2H3. The van der Waals surface area contributed by atoms with E-state index in [0.29, 0.717) is 11.8 Å². The highest BCUT2D eigenvalue weighted by Crippen LogP contribution is 2.31. The molecule has 0 spiro atoms. The predicted molar refractivity (Wildman–Crippen MR) is 76.7 cm³/mol.